The Morgan fingerprint density at radius 1 is 1.30 bits per heavy atom. The maximum Gasteiger partial charge on any atom is 0.262 e. The number of halogens is 2. The van der Waals surface area contributed by atoms with Crippen LogP contribution in [0.15, 0.2) is 54.8 Å². The molecule has 1 heterocycles. The summed E-state index contributed by atoms with van der Waals surface area (Å²) in [6, 6.07) is 11.3. The fourth-order valence-electron chi connectivity index (χ4n) is 2.92. The molecule has 0 radical (unpaired) electrons. The number of carbonyl (C=O) groups excluding carboxylic acids is 1. The van der Waals surface area contributed by atoms with Gasteiger partial charge in [0.15, 0.2) is 5.09 Å². The Balaban J connectivity index is 1.71. The second-order valence-corrected chi connectivity index (χ2v) is 8.66. The van der Waals surface area contributed by atoms with Crippen LogP contribution in [-0.4, -0.2) is 11.9 Å². The first-order chi connectivity index (χ1) is 13.0. The average Bonchev–Trinajstić information content (AvgIpc) is 3.01. The molecule has 0 spiro atoms. The number of hydrogen-bond donors (Lipinski definition) is 1. The summed E-state index contributed by atoms with van der Waals surface area (Å²) in [6.07, 6.45) is 6.87. The van der Waals surface area contributed by atoms with Crippen LogP contribution in [0, 0.1) is 11.3 Å². The summed E-state index contributed by atoms with van der Waals surface area (Å²) < 4.78 is 6.56. The highest BCUT2D eigenvalue weighted by molar-refractivity contribution is 9.10. The second kappa shape index (κ2) is 9.50. The van der Waals surface area contributed by atoms with Crippen molar-refractivity contribution in [2.75, 3.05) is 0 Å². The lowest BCUT2D eigenvalue weighted by Crippen LogP contribution is -2.36. The molecule has 4 nitrogen and oxygen atoms in total. The standard InChI is InChI=1S/C20H18BrClN2O2S/c21-18-11-16(26-20(18)27-17-8-6-14(22)7-9-17)10-13(12-23)19(25)24-15-4-2-1-3-5-15/h6-11,15H,1-5H2,(H,24,25)/b13-10-. The topological polar surface area (TPSA) is 66.0 Å². The molecular weight excluding hydrogens is 448 g/mol. The Morgan fingerprint density at radius 2 is 2.00 bits per heavy atom. The molecule has 140 valence electrons. The van der Waals surface area contributed by atoms with E-state index < -0.39 is 0 Å². The number of nitrogens with one attached hydrogen (secondary N) is 1. The van der Waals surface area contributed by atoms with Gasteiger partial charge in [-0.25, -0.2) is 0 Å². The molecule has 1 amide bonds. The van der Waals surface area contributed by atoms with E-state index in [2.05, 4.69) is 21.2 Å². The second-order valence-electron chi connectivity index (χ2n) is 6.32. The minimum absolute atomic E-state index is 0.0462. The summed E-state index contributed by atoms with van der Waals surface area (Å²) >= 11 is 10.8. The van der Waals surface area contributed by atoms with Crippen molar-refractivity contribution >= 4 is 51.3 Å². The minimum atomic E-state index is -0.344. The van der Waals surface area contributed by atoms with Gasteiger partial charge in [0, 0.05) is 22.0 Å². The van der Waals surface area contributed by atoms with Gasteiger partial charge in [0.1, 0.15) is 17.4 Å². The maximum absolute atomic E-state index is 12.4. The molecule has 3 rings (SSSR count). The third-order valence-corrected chi connectivity index (χ3v) is 6.39. The Bertz CT molecular complexity index is 880. The van der Waals surface area contributed by atoms with Crippen molar-refractivity contribution in [1.82, 2.24) is 5.32 Å². The van der Waals surface area contributed by atoms with E-state index in [0.717, 1.165) is 35.1 Å². The third kappa shape index (κ3) is 5.65. The van der Waals surface area contributed by atoms with E-state index in [1.165, 1.54) is 24.3 Å². The van der Waals surface area contributed by atoms with Crippen LogP contribution in [0.4, 0.5) is 0 Å². The largest absolute Gasteiger partial charge is 0.449 e. The molecule has 1 fully saturated rings. The zero-order chi connectivity index (χ0) is 19.2. The van der Waals surface area contributed by atoms with Crippen molar-refractivity contribution in [3.05, 3.63) is 51.2 Å². The highest BCUT2D eigenvalue weighted by Crippen LogP contribution is 2.36. The van der Waals surface area contributed by atoms with Gasteiger partial charge in [0.2, 0.25) is 0 Å². The van der Waals surface area contributed by atoms with Gasteiger partial charge in [-0.1, -0.05) is 42.6 Å². The first kappa shape index (κ1) is 20.1. The van der Waals surface area contributed by atoms with Crippen LogP contribution in [0.3, 0.4) is 0 Å². The molecule has 1 aromatic heterocycles. The highest BCUT2D eigenvalue weighted by Gasteiger charge is 2.19. The van der Waals surface area contributed by atoms with Gasteiger partial charge in [-0.15, -0.1) is 0 Å². The Hall–Kier alpha value is -1.68. The molecule has 0 atom stereocenters. The number of furan rings is 1. The SMILES string of the molecule is N#C/C(=C/c1cc(Br)c(Sc2ccc(Cl)cc2)o1)C(=O)NC1CCCCC1. The first-order valence-corrected chi connectivity index (χ1v) is 10.7. The van der Waals surface area contributed by atoms with Gasteiger partial charge in [0.05, 0.1) is 4.47 Å². The monoisotopic (exact) mass is 464 g/mol. The number of carbonyl (C=O) groups is 1. The van der Waals surface area contributed by atoms with Crippen LogP contribution >= 0.6 is 39.3 Å². The molecule has 7 heteroatoms. The lowest BCUT2D eigenvalue weighted by molar-refractivity contribution is -0.117. The Labute approximate surface area is 176 Å². The lowest BCUT2D eigenvalue weighted by atomic mass is 9.95. The van der Waals surface area contributed by atoms with E-state index in [1.807, 2.05) is 30.3 Å². The molecular formula is C20H18BrClN2O2S. The summed E-state index contributed by atoms with van der Waals surface area (Å²) in [5, 5.41) is 13.6. The van der Waals surface area contributed by atoms with Crippen LogP contribution in [0.2, 0.25) is 5.02 Å². The van der Waals surface area contributed by atoms with Crippen molar-refractivity contribution in [2.24, 2.45) is 0 Å². The van der Waals surface area contributed by atoms with Gasteiger partial charge < -0.3 is 9.73 Å². The van der Waals surface area contributed by atoms with Crippen molar-refractivity contribution in [3.63, 3.8) is 0 Å². The first-order valence-electron chi connectivity index (χ1n) is 8.70. The molecule has 0 bridgehead atoms. The van der Waals surface area contributed by atoms with Gasteiger partial charge in [-0.05, 0) is 59.1 Å². The number of amides is 1. The van der Waals surface area contributed by atoms with Gasteiger partial charge in [-0.2, -0.15) is 5.26 Å². The van der Waals surface area contributed by atoms with E-state index in [9.17, 15) is 10.1 Å². The van der Waals surface area contributed by atoms with E-state index in [1.54, 1.807) is 6.07 Å². The van der Waals surface area contributed by atoms with Crippen LogP contribution in [-0.2, 0) is 4.79 Å². The molecule has 1 aliphatic carbocycles. The number of benzene rings is 1. The van der Waals surface area contributed by atoms with Crippen LogP contribution < -0.4 is 5.32 Å². The number of rotatable bonds is 5. The third-order valence-electron chi connectivity index (χ3n) is 4.29. The van der Waals surface area contributed by atoms with Crippen molar-refractivity contribution in [1.29, 1.82) is 5.26 Å². The van der Waals surface area contributed by atoms with Crippen molar-refractivity contribution < 1.29 is 9.21 Å². The summed E-state index contributed by atoms with van der Waals surface area (Å²) in [6.45, 7) is 0. The molecule has 1 saturated carbocycles. The summed E-state index contributed by atoms with van der Waals surface area (Å²) in [7, 11) is 0. The normalized spacial score (nSPS) is 15.4. The molecule has 2 aromatic rings. The highest BCUT2D eigenvalue weighted by atomic mass is 79.9. The fraction of sp³-hybridized carbons (Fsp3) is 0.300. The predicted molar refractivity (Wildman–Crippen MR) is 111 cm³/mol. The van der Waals surface area contributed by atoms with E-state index in [0.29, 0.717) is 15.9 Å². The maximum atomic E-state index is 12.4. The summed E-state index contributed by atoms with van der Waals surface area (Å²) in [5.41, 5.74) is 0.0462. The smallest absolute Gasteiger partial charge is 0.262 e. The zero-order valence-electron chi connectivity index (χ0n) is 14.5. The van der Waals surface area contributed by atoms with Crippen LogP contribution in [0.25, 0.3) is 6.08 Å². The molecule has 0 aliphatic heterocycles. The number of nitrogens with zero attached hydrogens (tertiary/aromatic N) is 1. The van der Waals surface area contributed by atoms with E-state index >= 15 is 0 Å². The Morgan fingerprint density at radius 3 is 2.67 bits per heavy atom. The predicted octanol–water partition coefficient (Wildman–Crippen LogP) is 6.20. The van der Waals surface area contributed by atoms with Crippen LogP contribution in [0.1, 0.15) is 37.9 Å². The Kier molecular flexibility index (Phi) is 7.06. The van der Waals surface area contributed by atoms with E-state index in [4.69, 9.17) is 16.0 Å². The summed E-state index contributed by atoms with van der Waals surface area (Å²) in [5.74, 6) is 0.109. The molecule has 1 aliphatic rings. The number of hydrogen-bond acceptors (Lipinski definition) is 4. The molecule has 0 saturated heterocycles. The lowest BCUT2D eigenvalue weighted by Gasteiger charge is -2.22. The minimum Gasteiger partial charge on any atom is -0.449 e. The van der Waals surface area contributed by atoms with Crippen LogP contribution in [0.5, 0.6) is 0 Å². The zero-order valence-corrected chi connectivity index (χ0v) is 17.7. The van der Waals surface area contributed by atoms with Gasteiger partial charge >= 0.3 is 0 Å². The molecule has 27 heavy (non-hydrogen) atoms. The van der Waals surface area contributed by atoms with Crippen molar-refractivity contribution in [3.8, 4) is 6.07 Å². The van der Waals surface area contributed by atoms with Gasteiger partial charge in [0.25, 0.3) is 5.91 Å². The molecule has 1 N–H and O–H groups in total. The quantitative estimate of drug-likeness (QED) is 0.421. The fourth-order valence-corrected chi connectivity index (χ4v) is 4.38. The molecule has 1 aromatic carbocycles. The van der Waals surface area contributed by atoms with Gasteiger partial charge in [-0.3, -0.25) is 4.79 Å². The van der Waals surface area contributed by atoms with Crippen molar-refractivity contribution in [2.45, 2.75) is 48.1 Å². The average molecular weight is 466 g/mol. The number of nitriles is 1. The molecule has 0 unspecified atom stereocenters. The van der Waals surface area contributed by atoms with E-state index in [-0.39, 0.29) is 17.5 Å². The summed E-state index contributed by atoms with van der Waals surface area (Å²) in [4.78, 5) is 13.4.